The summed E-state index contributed by atoms with van der Waals surface area (Å²) in [7, 11) is -9.91. The van der Waals surface area contributed by atoms with Crippen LogP contribution in [-0.2, 0) is 65.4 Å². The van der Waals surface area contributed by atoms with E-state index in [9.17, 15) is 43.2 Å². The summed E-state index contributed by atoms with van der Waals surface area (Å²) in [6.07, 6.45) is 52.5. The molecule has 0 aromatic heterocycles. The van der Waals surface area contributed by atoms with Crippen LogP contribution in [0, 0.1) is 11.8 Å². The molecule has 552 valence electrons. The van der Waals surface area contributed by atoms with Gasteiger partial charge in [-0.3, -0.25) is 37.3 Å². The first kappa shape index (κ1) is 91.1. The quantitative estimate of drug-likeness (QED) is 0.0222. The van der Waals surface area contributed by atoms with Gasteiger partial charge in [0.05, 0.1) is 26.4 Å². The summed E-state index contributed by atoms with van der Waals surface area (Å²) < 4.78 is 68.5. The highest BCUT2D eigenvalue weighted by atomic mass is 31.2. The monoisotopic (exact) mass is 1370 g/mol. The van der Waals surface area contributed by atoms with Gasteiger partial charge in [-0.15, -0.1) is 0 Å². The fourth-order valence-corrected chi connectivity index (χ4v) is 12.9. The van der Waals surface area contributed by atoms with Crippen LogP contribution < -0.4 is 0 Å². The fourth-order valence-electron chi connectivity index (χ4n) is 11.3. The Labute approximate surface area is 568 Å². The minimum Gasteiger partial charge on any atom is -0.462 e. The maximum Gasteiger partial charge on any atom is 0.472 e. The molecule has 17 nitrogen and oxygen atoms in total. The average molecular weight is 1370 g/mol. The highest BCUT2D eigenvalue weighted by Gasteiger charge is 2.30. The number of aliphatic hydroxyl groups excluding tert-OH is 1. The van der Waals surface area contributed by atoms with Gasteiger partial charge in [-0.2, -0.15) is 0 Å². The third-order valence-electron chi connectivity index (χ3n) is 17.2. The van der Waals surface area contributed by atoms with Crippen molar-refractivity contribution in [2.24, 2.45) is 11.8 Å². The maximum absolute atomic E-state index is 13.1. The summed E-state index contributed by atoms with van der Waals surface area (Å²) in [6.45, 7) is 9.60. The minimum atomic E-state index is -4.96. The normalized spacial score (nSPS) is 14.1. The average Bonchev–Trinajstić information content (AvgIpc) is 3.24. The predicted octanol–water partition coefficient (Wildman–Crippen LogP) is 21.6. The van der Waals surface area contributed by atoms with Crippen molar-refractivity contribution in [2.75, 3.05) is 39.6 Å². The molecule has 3 N–H and O–H groups in total. The van der Waals surface area contributed by atoms with Gasteiger partial charge in [0.1, 0.15) is 19.3 Å². The third kappa shape index (κ3) is 68.4. The van der Waals surface area contributed by atoms with Crippen LogP contribution in [0.4, 0.5) is 0 Å². The Hall–Kier alpha value is -1.94. The molecule has 0 aromatic rings. The third-order valence-corrected chi connectivity index (χ3v) is 19.1. The number of ether oxygens (including phenoxy) is 4. The molecule has 19 heteroatoms. The van der Waals surface area contributed by atoms with Crippen molar-refractivity contribution < 1.29 is 80.2 Å². The van der Waals surface area contributed by atoms with E-state index in [2.05, 4.69) is 41.5 Å². The van der Waals surface area contributed by atoms with E-state index in [4.69, 9.17) is 37.0 Å². The van der Waals surface area contributed by atoms with Crippen molar-refractivity contribution in [2.45, 2.75) is 400 Å². The number of phosphoric acid groups is 2. The molecule has 0 saturated heterocycles. The highest BCUT2D eigenvalue weighted by Crippen LogP contribution is 2.45. The topological polar surface area (TPSA) is 237 Å². The summed E-state index contributed by atoms with van der Waals surface area (Å²) in [5, 5.41) is 10.6. The zero-order chi connectivity index (χ0) is 68.6. The van der Waals surface area contributed by atoms with Crippen LogP contribution in [0.15, 0.2) is 0 Å². The Bertz CT molecular complexity index is 1800. The molecule has 0 aliphatic heterocycles. The van der Waals surface area contributed by atoms with Gasteiger partial charge in [0, 0.05) is 25.7 Å². The number of hydrogen-bond donors (Lipinski definition) is 3. The first-order chi connectivity index (χ1) is 44.9. The number of carbonyl (C=O) groups excluding carboxylic acids is 4. The lowest BCUT2D eigenvalue weighted by atomic mass is 10.0. The van der Waals surface area contributed by atoms with Crippen LogP contribution in [0.5, 0.6) is 0 Å². The Morgan fingerprint density at radius 1 is 0.290 bits per heavy atom. The van der Waals surface area contributed by atoms with Crippen molar-refractivity contribution in [1.82, 2.24) is 0 Å². The molecule has 2 unspecified atom stereocenters. The highest BCUT2D eigenvalue weighted by molar-refractivity contribution is 7.47. The van der Waals surface area contributed by atoms with Crippen molar-refractivity contribution in [3.05, 3.63) is 0 Å². The van der Waals surface area contributed by atoms with Crippen molar-refractivity contribution in [1.29, 1.82) is 0 Å². The smallest absolute Gasteiger partial charge is 0.462 e. The van der Waals surface area contributed by atoms with Gasteiger partial charge < -0.3 is 33.8 Å². The van der Waals surface area contributed by atoms with E-state index in [1.807, 2.05) is 0 Å². The van der Waals surface area contributed by atoms with Gasteiger partial charge in [-0.25, -0.2) is 9.13 Å². The van der Waals surface area contributed by atoms with E-state index < -0.39 is 97.5 Å². The van der Waals surface area contributed by atoms with Gasteiger partial charge >= 0.3 is 39.5 Å². The van der Waals surface area contributed by atoms with Crippen LogP contribution in [0.2, 0.25) is 0 Å². The maximum atomic E-state index is 13.1. The summed E-state index contributed by atoms with van der Waals surface area (Å²) in [5.41, 5.74) is 0. The number of hydrogen-bond acceptors (Lipinski definition) is 15. The summed E-state index contributed by atoms with van der Waals surface area (Å²) >= 11 is 0. The predicted molar refractivity (Wildman–Crippen MR) is 377 cm³/mol. The zero-order valence-corrected chi connectivity index (χ0v) is 62.3. The molecule has 5 atom stereocenters. The molecule has 0 amide bonds. The second kappa shape index (κ2) is 66.0. The van der Waals surface area contributed by atoms with Gasteiger partial charge in [0.2, 0.25) is 0 Å². The summed E-state index contributed by atoms with van der Waals surface area (Å²) in [6, 6.07) is 0. The molecule has 0 heterocycles. The largest absolute Gasteiger partial charge is 0.472 e. The number of rotatable bonds is 73. The lowest BCUT2D eigenvalue weighted by Crippen LogP contribution is -2.30. The molecule has 0 fully saturated rings. The van der Waals surface area contributed by atoms with Gasteiger partial charge in [0.15, 0.2) is 12.2 Å². The molecule has 0 aliphatic carbocycles. The molecule has 0 rings (SSSR count). The number of phosphoric ester groups is 2. The summed E-state index contributed by atoms with van der Waals surface area (Å²) in [4.78, 5) is 72.7. The molecule has 0 aliphatic rings. The van der Waals surface area contributed by atoms with Gasteiger partial charge in [-0.1, -0.05) is 330 Å². The second-order valence-corrected chi connectivity index (χ2v) is 30.5. The molecule has 0 bridgehead atoms. The van der Waals surface area contributed by atoms with Crippen molar-refractivity contribution in [3.8, 4) is 0 Å². The molecule has 0 aromatic carbocycles. The second-order valence-electron chi connectivity index (χ2n) is 27.6. The standard InChI is InChI=1S/C74H144O17P2/c1-7-9-11-13-15-17-19-20-28-34-40-46-52-58-73(78)90-69(62-84-71(76)56-50-44-38-32-18-16-14-12-10-8-2)64-88-92(80,81)86-60-68(75)61-87-93(82,83)89-65-70(91-74(79)59-53-47-41-35-29-24-22-26-31-37-43-49-55-67(5)6)63-85-72(77)57-51-45-39-33-27-23-21-25-30-36-42-48-54-66(3)4/h66-70,75H,7-65H2,1-6H3,(H,80,81)(H,82,83)/t68-,69+,70+/m0/s1. The minimum absolute atomic E-state index is 0.107. The zero-order valence-electron chi connectivity index (χ0n) is 60.6. The number of esters is 4. The lowest BCUT2D eigenvalue weighted by Gasteiger charge is -2.21. The van der Waals surface area contributed by atoms with Crippen LogP contribution in [0.1, 0.15) is 382 Å². The first-order valence-electron chi connectivity index (χ1n) is 38.5. The number of carbonyl (C=O) groups is 4. The molecular formula is C74H144O17P2. The van der Waals surface area contributed by atoms with Crippen molar-refractivity contribution >= 4 is 39.5 Å². The Morgan fingerprint density at radius 3 is 0.731 bits per heavy atom. The molecular weight excluding hydrogens is 1220 g/mol. The summed E-state index contributed by atoms with van der Waals surface area (Å²) in [5.74, 6) is -0.558. The van der Waals surface area contributed by atoms with E-state index in [1.165, 1.54) is 199 Å². The van der Waals surface area contributed by atoms with Crippen LogP contribution in [0.3, 0.4) is 0 Å². The Morgan fingerprint density at radius 2 is 0.495 bits per heavy atom. The van der Waals surface area contributed by atoms with E-state index in [0.29, 0.717) is 25.7 Å². The van der Waals surface area contributed by atoms with Gasteiger partial charge in [0.25, 0.3) is 0 Å². The Balaban J connectivity index is 5.25. The van der Waals surface area contributed by atoms with E-state index in [1.54, 1.807) is 0 Å². The molecule has 93 heavy (non-hydrogen) atoms. The van der Waals surface area contributed by atoms with Crippen LogP contribution in [-0.4, -0.2) is 96.7 Å². The Kier molecular flexibility index (Phi) is 64.6. The SMILES string of the molecule is CCCCCCCCCCCCCCCC(=O)O[C@H](COC(=O)CCCCCCCCCCCC)COP(=O)(O)OC[C@H](O)COP(=O)(O)OC[C@@H](COC(=O)CCCCCCCCCCCCCCC(C)C)OC(=O)CCCCCCCCCCCCCCC(C)C. The van der Waals surface area contributed by atoms with Crippen molar-refractivity contribution in [3.63, 3.8) is 0 Å². The van der Waals surface area contributed by atoms with E-state index in [-0.39, 0.29) is 25.7 Å². The number of unbranched alkanes of at least 4 members (excludes halogenated alkanes) is 43. The molecule has 0 radical (unpaired) electrons. The van der Waals surface area contributed by atoms with Crippen LogP contribution in [0.25, 0.3) is 0 Å². The molecule has 0 spiro atoms. The van der Waals surface area contributed by atoms with E-state index >= 15 is 0 Å². The lowest BCUT2D eigenvalue weighted by molar-refractivity contribution is -0.161. The molecule has 0 saturated carbocycles. The van der Waals surface area contributed by atoms with Crippen LogP contribution >= 0.6 is 15.6 Å². The van der Waals surface area contributed by atoms with E-state index in [0.717, 1.165) is 102 Å². The fraction of sp³-hybridized carbons (Fsp3) is 0.946. The first-order valence-corrected chi connectivity index (χ1v) is 41.5. The van der Waals surface area contributed by atoms with Gasteiger partial charge in [-0.05, 0) is 37.5 Å². The number of aliphatic hydroxyl groups is 1.